The Kier molecular flexibility index (Phi) is 13.2. The molecule has 3 atom stereocenters. The molecule has 1 aliphatic heterocycles. The fourth-order valence-corrected chi connectivity index (χ4v) is 5.98. The number of carboxylic acid groups (broad SMARTS) is 2. The van der Waals surface area contributed by atoms with Gasteiger partial charge in [-0.3, -0.25) is 4.79 Å². The minimum atomic E-state index is -2.07. The van der Waals surface area contributed by atoms with Gasteiger partial charge in [0.25, 0.3) is 5.56 Å². The summed E-state index contributed by atoms with van der Waals surface area (Å²) in [5.74, 6) is -2.02. The van der Waals surface area contributed by atoms with Crippen LogP contribution in [0.3, 0.4) is 0 Å². The molecule has 49 heavy (non-hydrogen) atoms. The summed E-state index contributed by atoms with van der Waals surface area (Å²) in [6.45, 7) is 2.39. The molecule has 1 saturated heterocycles. The first-order valence-corrected chi connectivity index (χ1v) is 16.1. The van der Waals surface area contributed by atoms with Crippen molar-refractivity contribution in [2.75, 3.05) is 47.6 Å². The standard InChI is InChI=1S/C33H38ClN3O6.C2H2O4/c1-40-30-18-26(19-31(41-2)32(30)42-3)43-21-25(38)20-36-15-6-7-24(14-16-36)37-33(39)28-9-5-4-8-27(28)29(35-37)17-22-10-12-23(34)13-11-22;3-1(4)2(5)6/h4-5,8-13,18-19,24-25,38H,6-7,14-17,20-21H2,1-3H3;(H,3,4)(H,5,6). The molecule has 14 heteroatoms. The van der Waals surface area contributed by atoms with E-state index in [-0.39, 0.29) is 18.2 Å². The summed E-state index contributed by atoms with van der Waals surface area (Å²) in [6.07, 6.45) is 2.51. The molecule has 3 aromatic carbocycles. The summed E-state index contributed by atoms with van der Waals surface area (Å²) in [7, 11) is 4.65. The summed E-state index contributed by atoms with van der Waals surface area (Å²) in [6, 6.07) is 18.9. The lowest BCUT2D eigenvalue weighted by Crippen LogP contribution is -3.13. The molecule has 3 unspecified atom stereocenters. The molecule has 13 nitrogen and oxygen atoms in total. The number of aliphatic carboxylic acids is 2. The largest absolute Gasteiger partial charge is 0.539 e. The van der Waals surface area contributed by atoms with Crippen LogP contribution in [0.5, 0.6) is 23.0 Å². The van der Waals surface area contributed by atoms with Gasteiger partial charge in [-0.05, 0) is 36.6 Å². The number of quaternary nitrogens is 1. The molecule has 0 saturated carbocycles. The summed E-state index contributed by atoms with van der Waals surface area (Å²) in [5.41, 5.74) is 1.92. The molecule has 262 valence electrons. The number of halogens is 1. The van der Waals surface area contributed by atoms with Gasteiger partial charge < -0.3 is 44.0 Å². The van der Waals surface area contributed by atoms with Crippen LogP contribution in [-0.2, 0) is 16.0 Å². The first kappa shape index (κ1) is 37.0. The molecule has 0 aliphatic carbocycles. The highest BCUT2D eigenvalue weighted by molar-refractivity contribution is 6.30. The van der Waals surface area contributed by atoms with Crippen molar-refractivity contribution in [3.05, 3.63) is 87.3 Å². The number of carbonyl (C=O) groups is 2. The third-order valence-corrected chi connectivity index (χ3v) is 8.47. The molecule has 5 rings (SSSR count). The fraction of sp³-hybridized carbons (Fsp3) is 0.371. The molecule has 0 spiro atoms. The zero-order valence-corrected chi connectivity index (χ0v) is 28.3. The Morgan fingerprint density at radius 1 is 1.00 bits per heavy atom. The number of fused-ring (bicyclic) bond motifs is 1. The lowest BCUT2D eigenvalue weighted by atomic mass is 10.0. The van der Waals surface area contributed by atoms with E-state index in [1.807, 2.05) is 48.5 Å². The number of hydrogen-bond donors (Lipinski definition) is 3. The van der Waals surface area contributed by atoms with E-state index >= 15 is 0 Å². The maximum Gasteiger partial charge on any atom is 0.351 e. The van der Waals surface area contributed by atoms with Crippen molar-refractivity contribution in [3.63, 3.8) is 0 Å². The van der Waals surface area contributed by atoms with Gasteiger partial charge in [-0.15, -0.1) is 0 Å². The molecular formula is C35H40ClN3O10. The van der Waals surface area contributed by atoms with Gasteiger partial charge in [0.15, 0.2) is 17.5 Å². The topological polar surface area (TPSA) is 174 Å². The summed E-state index contributed by atoms with van der Waals surface area (Å²) < 4.78 is 23.8. The van der Waals surface area contributed by atoms with E-state index < -0.39 is 18.0 Å². The molecule has 2 heterocycles. The molecule has 1 aromatic heterocycles. The Balaban J connectivity index is 0.000000827. The number of aliphatic hydroxyl groups is 1. The lowest BCUT2D eigenvalue weighted by Gasteiger charge is -2.22. The highest BCUT2D eigenvalue weighted by atomic mass is 35.5. The van der Waals surface area contributed by atoms with Gasteiger partial charge in [0.05, 0.1) is 51.5 Å². The van der Waals surface area contributed by atoms with Crippen LogP contribution in [0.4, 0.5) is 0 Å². The van der Waals surface area contributed by atoms with Crippen LogP contribution in [0.15, 0.2) is 65.5 Å². The van der Waals surface area contributed by atoms with Crippen molar-refractivity contribution in [3.8, 4) is 23.0 Å². The number of nitrogens with one attached hydrogen (secondary N) is 1. The third kappa shape index (κ3) is 9.84. The minimum Gasteiger partial charge on any atom is -0.539 e. The van der Waals surface area contributed by atoms with Crippen molar-refractivity contribution in [1.29, 1.82) is 0 Å². The zero-order valence-electron chi connectivity index (χ0n) is 27.5. The molecule has 0 radical (unpaired) electrons. The zero-order chi connectivity index (χ0) is 35.5. The van der Waals surface area contributed by atoms with Gasteiger partial charge in [0, 0.05) is 35.4 Å². The number of hydrogen-bond acceptors (Lipinski definition) is 10. The van der Waals surface area contributed by atoms with Crippen LogP contribution in [0.2, 0.25) is 5.02 Å². The van der Waals surface area contributed by atoms with Crippen LogP contribution in [0, 0.1) is 0 Å². The number of ether oxygens (including phenoxy) is 4. The Labute approximate surface area is 288 Å². The molecule has 3 N–H and O–H groups in total. The SMILES string of the molecule is COc1cc(OCC(O)C[NH+]2CCCC(n3nc(Cc4ccc(Cl)cc4)c4ccccc4c3=O)CC2)cc(OC)c1OC.O=C([O-])C(=O)O. The van der Waals surface area contributed by atoms with Gasteiger partial charge in [-0.2, -0.15) is 5.10 Å². The summed E-state index contributed by atoms with van der Waals surface area (Å²) >= 11 is 6.10. The summed E-state index contributed by atoms with van der Waals surface area (Å²) in [4.78, 5) is 32.9. The van der Waals surface area contributed by atoms with E-state index in [0.717, 1.165) is 49.0 Å². The predicted molar refractivity (Wildman–Crippen MR) is 179 cm³/mol. The number of carbonyl (C=O) groups excluding carboxylic acids is 1. The second kappa shape index (κ2) is 17.5. The van der Waals surface area contributed by atoms with Crippen molar-refractivity contribution >= 4 is 34.3 Å². The van der Waals surface area contributed by atoms with E-state index in [9.17, 15) is 9.90 Å². The van der Waals surface area contributed by atoms with E-state index in [1.54, 1.807) is 38.1 Å². The average molecular weight is 698 g/mol. The van der Waals surface area contributed by atoms with Crippen LogP contribution in [0.25, 0.3) is 10.8 Å². The van der Waals surface area contributed by atoms with Crippen molar-refractivity contribution in [2.24, 2.45) is 0 Å². The van der Waals surface area contributed by atoms with Crippen molar-refractivity contribution in [1.82, 2.24) is 9.78 Å². The Hall–Kier alpha value is -4.85. The number of carboxylic acids is 2. The van der Waals surface area contributed by atoms with Crippen LogP contribution < -0.4 is 34.5 Å². The molecule has 1 aliphatic rings. The third-order valence-electron chi connectivity index (χ3n) is 8.21. The Morgan fingerprint density at radius 2 is 1.63 bits per heavy atom. The van der Waals surface area contributed by atoms with E-state index in [1.165, 1.54) is 4.90 Å². The van der Waals surface area contributed by atoms with Crippen LogP contribution >= 0.6 is 11.6 Å². The number of nitrogens with zero attached hydrogens (tertiary/aromatic N) is 2. The smallest absolute Gasteiger partial charge is 0.351 e. The van der Waals surface area contributed by atoms with E-state index in [0.29, 0.717) is 46.4 Å². The van der Waals surface area contributed by atoms with Crippen molar-refractivity contribution < 1.29 is 48.8 Å². The van der Waals surface area contributed by atoms with Gasteiger partial charge in [0.2, 0.25) is 5.75 Å². The van der Waals surface area contributed by atoms with Gasteiger partial charge in [0.1, 0.15) is 25.0 Å². The van der Waals surface area contributed by atoms with E-state index in [4.69, 9.17) is 55.4 Å². The van der Waals surface area contributed by atoms with Crippen LogP contribution in [-0.4, -0.2) is 85.6 Å². The molecule has 4 aromatic rings. The highest BCUT2D eigenvalue weighted by Crippen LogP contribution is 2.40. The number of rotatable bonds is 11. The number of likely N-dealkylation sites (tertiary alicyclic amines) is 1. The van der Waals surface area contributed by atoms with Gasteiger partial charge in [-0.25, -0.2) is 9.48 Å². The molecule has 1 fully saturated rings. The summed E-state index contributed by atoms with van der Waals surface area (Å²) in [5, 5.41) is 34.4. The first-order chi connectivity index (χ1) is 23.5. The van der Waals surface area contributed by atoms with Gasteiger partial charge in [-0.1, -0.05) is 41.9 Å². The molecule has 0 bridgehead atoms. The highest BCUT2D eigenvalue weighted by Gasteiger charge is 2.26. The Bertz CT molecular complexity index is 1760. The first-order valence-electron chi connectivity index (χ1n) is 15.7. The second-order valence-corrected chi connectivity index (χ2v) is 11.9. The quantitative estimate of drug-likeness (QED) is 0.194. The second-order valence-electron chi connectivity index (χ2n) is 11.5. The van der Waals surface area contributed by atoms with Gasteiger partial charge >= 0.3 is 5.97 Å². The van der Waals surface area contributed by atoms with Crippen LogP contribution in [0.1, 0.15) is 36.6 Å². The molecular weight excluding hydrogens is 658 g/mol. The number of methoxy groups -OCH3 is 3. The Morgan fingerprint density at radius 3 is 2.22 bits per heavy atom. The minimum absolute atomic E-state index is 0.00815. The van der Waals surface area contributed by atoms with E-state index in [2.05, 4.69) is 0 Å². The maximum atomic E-state index is 13.6. The molecule has 0 amide bonds. The fourth-order valence-electron chi connectivity index (χ4n) is 5.85. The number of aromatic nitrogens is 2. The maximum absolute atomic E-state index is 13.6. The lowest BCUT2D eigenvalue weighted by molar-refractivity contribution is -0.902. The monoisotopic (exact) mass is 697 g/mol. The average Bonchev–Trinajstić information content (AvgIpc) is 3.34. The number of benzene rings is 3. The normalized spacial score (nSPS) is 16.4. The number of aliphatic hydroxyl groups excluding tert-OH is 1. The predicted octanol–water partition coefficient (Wildman–Crippen LogP) is 1.54. The van der Waals surface area contributed by atoms with Crippen molar-refractivity contribution in [2.45, 2.75) is 37.8 Å².